The third-order valence-electron chi connectivity index (χ3n) is 2.29. The number of aliphatic hydroxyl groups excluding tert-OH is 2. The zero-order valence-corrected chi connectivity index (χ0v) is 9.43. The highest BCUT2D eigenvalue weighted by Gasteiger charge is 2.35. The molecule has 1 amide bonds. The molecular formula is C10H19NO4. The first kappa shape index (κ1) is 12.3. The lowest BCUT2D eigenvalue weighted by molar-refractivity contribution is 0.0269. The van der Waals surface area contributed by atoms with Gasteiger partial charge in [0, 0.05) is 12.5 Å². The maximum absolute atomic E-state index is 11.6. The van der Waals surface area contributed by atoms with Gasteiger partial charge in [0.2, 0.25) is 0 Å². The molecule has 1 aliphatic rings. The summed E-state index contributed by atoms with van der Waals surface area (Å²) in [5.74, 6) is -0.252. The van der Waals surface area contributed by atoms with Gasteiger partial charge in [0.15, 0.2) is 0 Å². The maximum atomic E-state index is 11.6. The number of β-amino-alcohol motifs (C(OH)–C–C–N with tert-alkyl or cyclic N) is 1. The summed E-state index contributed by atoms with van der Waals surface area (Å²) in [6, 6.07) is 0. The Morgan fingerprint density at radius 1 is 1.47 bits per heavy atom. The minimum absolute atomic E-state index is 0.111. The first-order chi connectivity index (χ1) is 6.83. The molecule has 0 radical (unpaired) electrons. The number of ether oxygens (including phenoxy) is 1. The minimum atomic E-state index is -0.650. The molecule has 0 aliphatic carbocycles. The zero-order valence-electron chi connectivity index (χ0n) is 9.43. The SMILES string of the molecule is CC(C)(C)OC(=O)N1C[C@@H](CO)[C@H](O)C1. The van der Waals surface area contributed by atoms with Crippen LogP contribution in [0.1, 0.15) is 20.8 Å². The van der Waals surface area contributed by atoms with Crippen LogP contribution in [0, 0.1) is 5.92 Å². The van der Waals surface area contributed by atoms with Crippen molar-refractivity contribution in [3.8, 4) is 0 Å². The van der Waals surface area contributed by atoms with Crippen molar-refractivity contribution in [1.29, 1.82) is 0 Å². The van der Waals surface area contributed by atoms with E-state index in [4.69, 9.17) is 9.84 Å². The summed E-state index contributed by atoms with van der Waals surface area (Å²) in [7, 11) is 0. The highest BCUT2D eigenvalue weighted by Crippen LogP contribution is 2.19. The van der Waals surface area contributed by atoms with Crippen LogP contribution in [-0.2, 0) is 4.74 Å². The van der Waals surface area contributed by atoms with Crippen molar-refractivity contribution in [2.75, 3.05) is 19.7 Å². The second-order valence-corrected chi connectivity index (χ2v) is 4.90. The van der Waals surface area contributed by atoms with Crippen molar-refractivity contribution in [3.63, 3.8) is 0 Å². The van der Waals surface area contributed by atoms with Crippen molar-refractivity contribution in [2.45, 2.75) is 32.5 Å². The van der Waals surface area contributed by atoms with E-state index in [1.165, 1.54) is 4.90 Å². The molecule has 2 atom stereocenters. The number of likely N-dealkylation sites (tertiary alicyclic amines) is 1. The number of aliphatic hydroxyl groups is 2. The Bertz CT molecular complexity index is 236. The third kappa shape index (κ3) is 3.35. The predicted octanol–water partition coefficient (Wildman–Crippen LogP) is 0.207. The first-order valence-electron chi connectivity index (χ1n) is 5.10. The van der Waals surface area contributed by atoms with Crippen molar-refractivity contribution in [3.05, 3.63) is 0 Å². The lowest BCUT2D eigenvalue weighted by Crippen LogP contribution is -2.35. The Kier molecular flexibility index (Phi) is 3.57. The Labute approximate surface area is 89.6 Å². The van der Waals surface area contributed by atoms with Crippen molar-refractivity contribution < 1.29 is 19.7 Å². The first-order valence-corrected chi connectivity index (χ1v) is 5.10. The van der Waals surface area contributed by atoms with Crippen LogP contribution in [0.15, 0.2) is 0 Å². The van der Waals surface area contributed by atoms with E-state index in [9.17, 15) is 9.90 Å². The molecule has 1 fully saturated rings. The quantitative estimate of drug-likeness (QED) is 0.658. The summed E-state index contributed by atoms with van der Waals surface area (Å²) in [4.78, 5) is 13.0. The van der Waals surface area contributed by atoms with E-state index >= 15 is 0 Å². The highest BCUT2D eigenvalue weighted by atomic mass is 16.6. The molecule has 1 heterocycles. The van der Waals surface area contributed by atoms with Crippen LogP contribution in [0.3, 0.4) is 0 Å². The van der Waals surface area contributed by atoms with E-state index in [1.807, 2.05) is 0 Å². The number of hydrogen-bond acceptors (Lipinski definition) is 4. The Morgan fingerprint density at radius 2 is 2.07 bits per heavy atom. The van der Waals surface area contributed by atoms with Crippen LogP contribution in [0.25, 0.3) is 0 Å². The van der Waals surface area contributed by atoms with Crippen LogP contribution in [0.2, 0.25) is 0 Å². The summed E-state index contributed by atoms with van der Waals surface area (Å²) in [5.41, 5.74) is -0.528. The molecule has 15 heavy (non-hydrogen) atoms. The summed E-state index contributed by atoms with van der Waals surface area (Å²) in [6.45, 7) is 5.86. The molecule has 5 heteroatoms. The summed E-state index contributed by atoms with van der Waals surface area (Å²) in [5, 5.41) is 18.4. The van der Waals surface area contributed by atoms with E-state index in [0.717, 1.165) is 0 Å². The van der Waals surface area contributed by atoms with E-state index in [0.29, 0.717) is 6.54 Å². The highest BCUT2D eigenvalue weighted by molar-refractivity contribution is 5.68. The normalized spacial score (nSPS) is 26.9. The molecule has 0 aromatic heterocycles. The topological polar surface area (TPSA) is 70.0 Å². The van der Waals surface area contributed by atoms with Crippen LogP contribution in [0.4, 0.5) is 4.79 Å². The van der Waals surface area contributed by atoms with Crippen molar-refractivity contribution in [2.24, 2.45) is 5.92 Å². The average Bonchev–Trinajstić information content (AvgIpc) is 2.43. The molecule has 0 saturated carbocycles. The van der Waals surface area contributed by atoms with Gasteiger partial charge in [-0.2, -0.15) is 0 Å². The summed E-state index contributed by atoms with van der Waals surface area (Å²) in [6.07, 6.45) is -1.08. The minimum Gasteiger partial charge on any atom is -0.444 e. The second-order valence-electron chi connectivity index (χ2n) is 4.90. The smallest absolute Gasteiger partial charge is 0.410 e. The molecule has 2 N–H and O–H groups in total. The van der Waals surface area contributed by atoms with E-state index < -0.39 is 17.8 Å². The number of rotatable bonds is 1. The lowest BCUT2D eigenvalue weighted by atomic mass is 10.1. The molecule has 0 aromatic carbocycles. The van der Waals surface area contributed by atoms with Gasteiger partial charge in [-0.15, -0.1) is 0 Å². The van der Waals surface area contributed by atoms with Gasteiger partial charge < -0.3 is 19.8 Å². The van der Waals surface area contributed by atoms with Gasteiger partial charge in [0.25, 0.3) is 0 Å². The van der Waals surface area contributed by atoms with E-state index in [1.54, 1.807) is 20.8 Å². The van der Waals surface area contributed by atoms with Gasteiger partial charge in [-0.05, 0) is 20.8 Å². The van der Waals surface area contributed by atoms with Crippen LogP contribution in [-0.4, -0.2) is 52.6 Å². The van der Waals surface area contributed by atoms with Gasteiger partial charge in [-0.1, -0.05) is 0 Å². The molecule has 88 valence electrons. The summed E-state index contributed by atoms with van der Waals surface area (Å²) >= 11 is 0. The molecular weight excluding hydrogens is 198 g/mol. The van der Waals surface area contributed by atoms with Gasteiger partial charge in [0.1, 0.15) is 5.60 Å². The molecule has 0 bridgehead atoms. The molecule has 1 rings (SSSR count). The number of carbonyl (C=O) groups is 1. The number of amides is 1. The third-order valence-corrected chi connectivity index (χ3v) is 2.29. The van der Waals surface area contributed by atoms with Crippen LogP contribution < -0.4 is 0 Å². The summed E-state index contributed by atoms with van der Waals surface area (Å²) < 4.78 is 5.16. The number of nitrogens with zero attached hydrogens (tertiary/aromatic N) is 1. The lowest BCUT2D eigenvalue weighted by Gasteiger charge is -2.24. The fraction of sp³-hybridized carbons (Fsp3) is 0.900. The molecule has 5 nitrogen and oxygen atoms in total. The van der Waals surface area contributed by atoms with E-state index in [2.05, 4.69) is 0 Å². The standard InChI is InChI=1S/C10H19NO4/c1-10(2,3)15-9(14)11-4-7(6-12)8(13)5-11/h7-8,12-13H,4-6H2,1-3H3/t7-,8+/m0/s1. The van der Waals surface area contributed by atoms with E-state index in [-0.39, 0.29) is 19.1 Å². The zero-order chi connectivity index (χ0) is 11.6. The second kappa shape index (κ2) is 4.37. The van der Waals surface area contributed by atoms with Crippen molar-refractivity contribution >= 4 is 6.09 Å². The van der Waals surface area contributed by atoms with Gasteiger partial charge in [-0.3, -0.25) is 0 Å². The maximum Gasteiger partial charge on any atom is 0.410 e. The molecule has 1 aliphatic heterocycles. The van der Waals surface area contributed by atoms with Crippen LogP contribution >= 0.6 is 0 Å². The molecule has 0 aromatic rings. The van der Waals surface area contributed by atoms with Gasteiger partial charge in [-0.25, -0.2) is 4.79 Å². The Balaban J connectivity index is 2.50. The van der Waals surface area contributed by atoms with Gasteiger partial charge in [0.05, 0.1) is 19.3 Å². The molecule has 0 spiro atoms. The molecule has 1 saturated heterocycles. The average molecular weight is 217 g/mol. The Hall–Kier alpha value is -0.810. The largest absolute Gasteiger partial charge is 0.444 e. The fourth-order valence-corrected chi connectivity index (χ4v) is 1.51. The Morgan fingerprint density at radius 3 is 2.47 bits per heavy atom. The monoisotopic (exact) mass is 217 g/mol. The fourth-order valence-electron chi connectivity index (χ4n) is 1.51. The number of hydrogen-bond donors (Lipinski definition) is 2. The van der Waals surface area contributed by atoms with Gasteiger partial charge >= 0.3 is 6.09 Å². The molecule has 0 unspecified atom stereocenters. The van der Waals surface area contributed by atoms with Crippen molar-refractivity contribution in [1.82, 2.24) is 4.90 Å². The number of carbonyl (C=O) groups excluding carboxylic acids is 1. The predicted molar refractivity (Wildman–Crippen MR) is 54.4 cm³/mol. The van der Waals surface area contributed by atoms with Crippen LogP contribution in [0.5, 0.6) is 0 Å².